The van der Waals surface area contributed by atoms with Crippen LogP contribution in [0.15, 0.2) is 78.9 Å². The maximum absolute atomic E-state index is 13.2. The van der Waals surface area contributed by atoms with Gasteiger partial charge in [-0.15, -0.1) is 0 Å². The molecule has 1 N–H and O–H groups in total. The van der Waals surface area contributed by atoms with E-state index in [-0.39, 0.29) is 18.6 Å². The lowest BCUT2D eigenvalue weighted by Gasteiger charge is -2.35. The van der Waals surface area contributed by atoms with Gasteiger partial charge in [-0.05, 0) is 36.9 Å². The number of hydrogen-bond acceptors (Lipinski definition) is 5. The second-order valence-corrected chi connectivity index (χ2v) is 8.63. The number of amides is 1. The SMILES string of the molecule is CN1CCN(CC(NC(=O)c2cccc(OCc3ccccc3C#N)c2)c2ccccc2)CC1. The fourth-order valence-corrected chi connectivity index (χ4v) is 4.09. The molecule has 1 aliphatic heterocycles. The predicted molar refractivity (Wildman–Crippen MR) is 133 cm³/mol. The summed E-state index contributed by atoms with van der Waals surface area (Å²) in [5, 5.41) is 12.5. The van der Waals surface area contributed by atoms with Crippen LogP contribution in [0, 0.1) is 11.3 Å². The third-order valence-corrected chi connectivity index (χ3v) is 6.17. The van der Waals surface area contributed by atoms with Gasteiger partial charge in [0.05, 0.1) is 17.7 Å². The van der Waals surface area contributed by atoms with Gasteiger partial charge in [-0.2, -0.15) is 5.26 Å². The molecule has 1 fully saturated rings. The number of carbonyl (C=O) groups excluding carboxylic acids is 1. The first-order valence-corrected chi connectivity index (χ1v) is 11.6. The van der Waals surface area contributed by atoms with Crippen LogP contribution in [-0.4, -0.2) is 55.5 Å². The molecule has 174 valence electrons. The lowest BCUT2D eigenvalue weighted by Crippen LogP contribution is -2.47. The Bertz CT molecular complexity index is 1130. The highest BCUT2D eigenvalue weighted by molar-refractivity contribution is 5.94. The summed E-state index contributed by atoms with van der Waals surface area (Å²) in [7, 11) is 2.14. The number of benzene rings is 3. The Labute approximate surface area is 201 Å². The zero-order valence-corrected chi connectivity index (χ0v) is 19.5. The molecule has 1 atom stereocenters. The van der Waals surface area contributed by atoms with Crippen LogP contribution in [0.5, 0.6) is 5.75 Å². The average molecular weight is 455 g/mol. The number of carbonyl (C=O) groups is 1. The highest BCUT2D eigenvalue weighted by atomic mass is 16.5. The smallest absolute Gasteiger partial charge is 0.251 e. The van der Waals surface area contributed by atoms with Gasteiger partial charge < -0.3 is 15.0 Å². The van der Waals surface area contributed by atoms with Crippen molar-refractivity contribution in [2.24, 2.45) is 0 Å². The van der Waals surface area contributed by atoms with E-state index in [1.807, 2.05) is 48.5 Å². The Kier molecular flexibility index (Phi) is 7.92. The van der Waals surface area contributed by atoms with Gasteiger partial charge in [0.15, 0.2) is 0 Å². The van der Waals surface area contributed by atoms with Crippen LogP contribution in [-0.2, 0) is 6.61 Å². The molecule has 3 aromatic rings. The van der Waals surface area contributed by atoms with Crippen molar-refractivity contribution in [2.45, 2.75) is 12.6 Å². The van der Waals surface area contributed by atoms with Crippen LogP contribution in [0.4, 0.5) is 0 Å². The van der Waals surface area contributed by atoms with E-state index in [1.165, 1.54) is 0 Å². The summed E-state index contributed by atoms with van der Waals surface area (Å²) in [4.78, 5) is 17.9. The van der Waals surface area contributed by atoms with Gasteiger partial charge in [-0.1, -0.05) is 54.6 Å². The van der Waals surface area contributed by atoms with E-state index in [0.717, 1.165) is 43.9 Å². The zero-order valence-electron chi connectivity index (χ0n) is 19.5. The molecular weight excluding hydrogens is 424 g/mol. The first-order valence-electron chi connectivity index (χ1n) is 11.6. The minimum atomic E-state index is -0.133. The first kappa shape index (κ1) is 23.5. The Balaban J connectivity index is 1.44. The van der Waals surface area contributed by atoms with Gasteiger partial charge in [0.1, 0.15) is 12.4 Å². The minimum absolute atomic E-state index is 0.107. The molecule has 1 amide bonds. The number of hydrogen-bond donors (Lipinski definition) is 1. The quantitative estimate of drug-likeness (QED) is 0.560. The van der Waals surface area contributed by atoms with Gasteiger partial charge in [-0.25, -0.2) is 0 Å². The summed E-state index contributed by atoms with van der Waals surface area (Å²) >= 11 is 0. The van der Waals surface area contributed by atoms with Crippen LogP contribution in [0.1, 0.15) is 33.1 Å². The standard InChI is InChI=1S/C28H30N4O2/c1-31-14-16-32(17-15-31)20-27(22-8-3-2-4-9-22)30-28(33)23-12-7-13-26(18-23)34-21-25-11-6-5-10-24(25)19-29/h2-13,18,27H,14-17,20-21H2,1H3,(H,30,33). The van der Waals surface area contributed by atoms with Crippen LogP contribution in [0.2, 0.25) is 0 Å². The number of ether oxygens (including phenoxy) is 1. The van der Waals surface area contributed by atoms with E-state index in [9.17, 15) is 10.1 Å². The van der Waals surface area contributed by atoms with E-state index in [2.05, 4.69) is 40.4 Å². The molecule has 0 saturated carbocycles. The molecule has 0 radical (unpaired) electrons. The lowest BCUT2D eigenvalue weighted by molar-refractivity contribution is 0.0906. The largest absolute Gasteiger partial charge is 0.489 e. The van der Waals surface area contributed by atoms with Gasteiger partial charge in [0, 0.05) is 43.9 Å². The van der Waals surface area contributed by atoms with Crippen molar-refractivity contribution in [2.75, 3.05) is 39.8 Å². The Hall–Kier alpha value is -3.66. The number of rotatable bonds is 8. The molecule has 0 aromatic heterocycles. The Morgan fingerprint density at radius 1 is 1.00 bits per heavy atom. The Morgan fingerprint density at radius 3 is 2.50 bits per heavy atom. The van der Waals surface area contributed by atoms with Crippen molar-refractivity contribution in [1.29, 1.82) is 5.26 Å². The molecule has 1 saturated heterocycles. The normalized spacial score (nSPS) is 15.3. The van der Waals surface area contributed by atoms with Crippen molar-refractivity contribution in [3.63, 3.8) is 0 Å². The summed E-state index contributed by atoms with van der Waals surface area (Å²) in [5.74, 6) is 0.460. The van der Waals surface area contributed by atoms with E-state index in [0.29, 0.717) is 16.9 Å². The summed E-state index contributed by atoms with van der Waals surface area (Å²) in [6, 6.07) is 26.8. The van der Waals surface area contributed by atoms with Crippen molar-refractivity contribution in [1.82, 2.24) is 15.1 Å². The van der Waals surface area contributed by atoms with Crippen LogP contribution in [0.25, 0.3) is 0 Å². The molecule has 4 rings (SSSR count). The molecule has 34 heavy (non-hydrogen) atoms. The maximum Gasteiger partial charge on any atom is 0.251 e. The summed E-state index contributed by atoms with van der Waals surface area (Å²) < 4.78 is 5.90. The van der Waals surface area contributed by atoms with E-state index >= 15 is 0 Å². The molecule has 0 spiro atoms. The average Bonchev–Trinajstić information content (AvgIpc) is 2.89. The molecule has 6 nitrogen and oxygen atoms in total. The van der Waals surface area contributed by atoms with Gasteiger partial charge in [0.25, 0.3) is 5.91 Å². The number of nitrogens with zero attached hydrogens (tertiary/aromatic N) is 3. The summed E-state index contributed by atoms with van der Waals surface area (Å²) in [6.45, 7) is 5.08. The minimum Gasteiger partial charge on any atom is -0.489 e. The van der Waals surface area contributed by atoms with Crippen LogP contribution in [0.3, 0.4) is 0 Å². The van der Waals surface area contributed by atoms with Gasteiger partial charge in [0.2, 0.25) is 0 Å². The molecule has 1 heterocycles. The first-order chi connectivity index (χ1) is 16.6. The molecule has 0 bridgehead atoms. The van der Waals surface area contributed by atoms with E-state index < -0.39 is 0 Å². The van der Waals surface area contributed by atoms with Gasteiger partial charge in [-0.3, -0.25) is 9.69 Å². The Morgan fingerprint density at radius 2 is 1.74 bits per heavy atom. The number of nitriles is 1. The van der Waals surface area contributed by atoms with Crippen molar-refractivity contribution >= 4 is 5.91 Å². The fourth-order valence-electron chi connectivity index (χ4n) is 4.09. The van der Waals surface area contributed by atoms with Crippen LogP contribution >= 0.6 is 0 Å². The van der Waals surface area contributed by atoms with Gasteiger partial charge >= 0.3 is 0 Å². The monoisotopic (exact) mass is 454 g/mol. The molecule has 1 unspecified atom stereocenters. The topological polar surface area (TPSA) is 68.6 Å². The predicted octanol–water partition coefficient (Wildman–Crippen LogP) is 3.86. The highest BCUT2D eigenvalue weighted by Crippen LogP contribution is 2.20. The number of nitrogens with one attached hydrogen (secondary N) is 1. The number of likely N-dealkylation sites (N-methyl/N-ethyl adjacent to an activating group) is 1. The summed E-state index contributed by atoms with van der Waals surface area (Å²) in [5.41, 5.74) is 3.04. The molecule has 3 aromatic carbocycles. The third kappa shape index (κ3) is 6.22. The molecule has 6 heteroatoms. The molecule has 1 aliphatic rings. The van der Waals surface area contributed by atoms with Crippen molar-refractivity contribution in [3.8, 4) is 11.8 Å². The second kappa shape index (κ2) is 11.5. The maximum atomic E-state index is 13.2. The highest BCUT2D eigenvalue weighted by Gasteiger charge is 2.22. The third-order valence-electron chi connectivity index (χ3n) is 6.17. The number of piperazine rings is 1. The second-order valence-electron chi connectivity index (χ2n) is 8.63. The van der Waals surface area contributed by atoms with E-state index in [4.69, 9.17) is 4.74 Å². The van der Waals surface area contributed by atoms with Crippen LogP contribution < -0.4 is 10.1 Å². The van der Waals surface area contributed by atoms with Crippen molar-refractivity contribution in [3.05, 3.63) is 101 Å². The van der Waals surface area contributed by atoms with E-state index in [1.54, 1.807) is 18.2 Å². The lowest BCUT2D eigenvalue weighted by atomic mass is 10.0. The summed E-state index contributed by atoms with van der Waals surface area (Å²) in [6.07, 6.45) is 0. The van der Waals surface area contributed by atoms with Crippen molar-refractivity contribution < 1.29 is 9.53 Å². The molecular formula is C28H30N4O2. The fraction of sp³-hybridized carbons (Fsp3) is 0.286. The molecule has 0 aliphatic carbocycles. The zero-order chi connectivity index (χ0) is 23.8.